The SMILES string of the molecule is O=C(O)[C@@H]1C[C@@H](O)CN1S(=O)(=O)Cc1ccccc1. The third kappa shape index (κ3) is 3.12. The molecule has 2 N–H and O–H groups in total. The number of carboxylic acid groups (broad SMARTS) is 1. The monoisotopic (exact) mass is 285 g/mol. The fraction of sp³-hybridized carbons (Fsp3) is 0.417. The van der Waals surface area contributed by atoms with Crippen LogP contribution in [0, 0.1) is 0 Å². The average molecular weight is 285 g/mol. The Labute approximate surface area is 111 Å². The molecule has 19 heavy (non-hydrogen) atoms. The first kappa shape index (κ1) is 14.0. The van der Waals surface area contributed by atoms with Crippen molar-refractivity contribution in [2.75, 3.05) is 6.54 Å². The highest BCUT2D eigenvalue weighted by atomic mass is 32.2. The molecule has 1 aliphatic rings. The molecule has 1 fully saturated rings. The number of rotatable bonds is 4. The number of β-amino-alcohol motifs (C(OH)–C–C–N with tert-alkyl or cyclic N) is 1. The molecule has 0 unspecified atom stereocenters. The van der Waals surface area contributed by atoms with E-state index in [1.165, 1.54) is 0 Å². The van der Waals surface area contributed by atoms with Gasteiger partial charge >= 0.3 is 5.97 Å². The second kappa shape index (κ2) is 5.28. The first-order valence-corrected chi connectivity index (χ1v) is 7.45. The van der Waals surface area contributed by atoms with Gasteiger partial charge in [0, 0.05) is 13.0 Å². The molecule has 0 aromatic heterocycles. The summed E-state index contributed by atoms with van der Waals surface area (Å²) in [6.07, 6.45) is -0.991. The smallest absolute Gasteiger partial charge is 0.322 e. The van der Waals surface area contributed by atoms with Crippen LogP contribution in [-0.2, 0) is 20.6 Å². The van der Waals surface area contributed by atoms with Crippen LogP contribution in [0.1, 0.15) is 12.0 Å². The Hall–Kier alpha value is -1.44. The van der Waals surface area contributed by atoms with Crippen molar-refractivity contribution in [3.8, 4) is 0 Å². The summed E-state index contributed by atoms with van der Waals surface area (Å²) in [7, 11) is -3.75. The number of hydrogen-bond acceptors (Lipinski definition) is 4. The molecular weight excluding hydrogens is 270 g/mol. The first-order valence-electron chi connectivity index (χ1n) is 5.84. The van der Waals surface area contributed by atoms with Crippen molar-refractivity contribution in [3.63, 3.8) is 0 Å². The number of aliphatic hydroxyl groups is 1. The van der Waals surface area contributed by atoms with E-state index >= 15 is 0 Å². The van der Waals surface area contributed by atoms with Crippen LogP contribution in [0.15, 0.2) is 30.3 Å². The van der Waals surface area contributed by atoms with E-state index in [-0.39, 0.29) is 18.7 Å². The second-order valence-electron chi connectivity index (χ2n) is 4.56. The van der Waals surface area contributed by atoms with Gasteiger partial charge in [0.1, 0.15) is 6.04 Å². The molecule has 1 aromatic carbocycles. The topological polar surface area (TPSA) is 94.9 Å². The van der Waals surface area contributed by atoms with Gasteiger partial charge in [-0.2, -0.15) is 4.31 Å². The molecule has 0 saturated carbocycles. The van der Waals surface area contributed by atoms with E-state index in [4.69, 9.17) is 5.11 Å². The summed E-state index contributed by atoms with van der Waals surface area (Å²) in [6.45, 7) is -0.161. The van der Waals surface area contributed by atoms with Crippen LogP contribution in [0.3, 0.4) is 0 Å². The number of sulfonamides is 1. The molecule has 2 atom stereocenters. The van der Waals surface area contributed by atoms with Crippen molar-refractivity contribution in [3.05, 3.63) is 35.9 Å². The van der Waals surface area contributed by atoms with Gasteiger partial charge in [-0.3, -0.25) is 4.79 Å². The zero-order valence-electron chi connectivity index (χ0n) is 10.1. The van der Waals surface area contributed by atoms with Crippen LogP contribution in [0.4, 0.5) is 0 Å². The van der Waals surface area contributed by atoms with Crippen molar-refractivity contribution in [1.29, 1.82) is 0 Å². The zero-order chi connectivity index (χ0) is 14.0. The summed E-state index contributed by atoms with van der Waals surface area (Å²) in [5.41, 5.74) is 0.591. The number of hydrogen-bond donors (Lipinski definition) is 2. The van der Waals surface area contributed by atoms with Crippen molar-refractivity contribution >= 4 is 16.0 Å². The lowest BCUT2D eigenvalue weighted by atomic mass is 10.2. The molecule has 1 saturated heterocycles. The van der Waals surface area contributed by atoms with Gasteiger partial charge in [-0.1, -0.05) is 30.3 Å². The van der Waals surface area contributed by atoms with Gasteiger partial charge in [0.25, 0.3) is 0 Å². The minimum atomic E-state index is -3.75. The first-order chi connectivity index (χ1) is 8.90. The summed E-state index contributed by atoms with van der Waals surface area (Å²) >= 11 is 0. The normalized spacial score (nSPS) is 24.5. The largest absolute Gasteiger partial charge is 0.480 e. The lowest BCUT2D eigenvalue weighted by Gasteiger charge is -2.20. The average Bonchev–Trinajstić information content (AvgIpc) is 2.73. The van der Waals surface area contributed by atoms with Gasteiger partial charge in [-0.05, 0) is 5.56 Å². The quantitative estimate of drug-likeness (QED) is 0.814. The van der Waals surface area contributed by atoms with Crippen molar-refractivity contribution < 1.29 is 23.4 Å². The molecular formula is C12H15NO5S. The summed E-state index contributed by atoms with van der Waals surface area (Å²) in [5, 5.41) is 18.5. The van der Waals surface area contributed by atoms with Crippen LogP contribution < -0.4 is 0 Å². The Balaban J connectivity index is 2.22. The summed E-state index contributed by atoms with van der Waals surface area (Å²) in [5.74, 6) is -1.49. The highest BCUT2D eigenvalue weighted by Crippen LogP contribution is 2.24. The molecule has 0 aliphatic carbocycles. The minimum absolute atomic E-state index is 0.0661. The highest BCUT2D eigenvalue weighted by molar-refractivity contribution is 7.88. The molecule has 6 nitrogen and oxygen atoms in total. The third-order valence-electron chi connectivity index (χ3n) is 3.07. The zero-order valence-corrected chi connectivity index (χ0v) is 11.0. The highest BCUT2D eigenvalue weighted by Gasteiger charge is 2.42. The van der Waals surface area contributed by atoms with E-state index in [1.54, 1.807) is 30.3 Å². The summed E-state index contributed by atoms with van der Waals surface area (Å²) in [4.78, 5) is 11.0. The van der Waals surface area contributed by atoms with Crippen LogP contribution in [-0.4, -0.2) is 47.6 Å². The lowest BCUT2D eigenvalue weighted by molar-refractivity contribution is -0.140. The van der Waals surface area contributed by atoms with E-state index in [0.29, 0.717) is 5.56 Å². The Morgan fingerprint density at radius 2 is 1.95 bits per heavy atom. The molecule has 0 amide bonds. The Morgan fingerprint density at radius 3 is 2.53 bits per heavy atom. The van der Waals surface area contributed by atoms with Gasteiger partial charge in [-0.25, -0.2) is 8.42 Å². The maximum Gasteiger partial charge on any atom is 0.322 e. The fourth-order valence-corrected chi connectivity index (χ4v) is 3.93. The molecule has 0 spiro atoms. The lowest BCUT2D eigenvalue weighted by Crippen LogP contribution is -2.41. The van der Waals surface area contributed by atoms with Crippen molar-refractivity contribution in [2.45, 2.75) is 24.3 Å². The standard InChI is InChI=1S/C12H15NO5S/c14-10-6-11(12(15)16)13(7-10)19(17,18)8-9-4-2-1-3-5-9/h1-5,10-11,14H,6-8H2,(H,15,16)/t10-,11+/m1/s1. The van der Waals surface area contributed by atoms with Gasteiger partial charge in [0.05, 0.1) is 11.9 Å². The van der Waals surface area contributed by atoms with Gasteiger partial charge in [0.15, 0.2) is 0 Å². The number of aliphatic hydroxyl groups excluding tert-OH is 1. The molecule has 1 aromatic rings. The summed E-state index contributed by atoms with van der Waals surface area (Å²) in [6, 6.07) is 7.37. The molecule has 0 bridgehead atoms. The maximum atomic E-state index is 12.2. The summed E-state index contributed by atoms with van der Waals surface area (Å²) < 4.78 is 25.3. The van der Waals surface area contributed by atoms with E-state index in [1.807, 2.05) is 0 Å². The molecule has 1 heterocycles. The van der Waals surface area contributed by atoms with Gasteiger partial charge < -0.3 is 10.2 Å². The minimum Gasteiger partial charge on any atom is -0.480 e. The van der Waals surface area contributed by atoms with Gasteiger partial charge in [0.2, 0.25) is 10.0 Å². The number of nitrogens with zero attached hydrogens (tertiary/aromatic N) is 1. The number of carbonyl (C=O) groups is 1. The molecule has 2 rings (SSSR count). The fourth-order valence-electron chi connectivity index (χ4n) is 2.18. The van der Waals surface area contributed by atoms with Crippen molar-refractivity contribution in [2.24, 2.45) is 0 Å². The molecule has 1 aliphatic heterocycles. The molecule has 104 valence electrons. The Kier molecular flexibility index (Phi) is 3.88. The Morgan fingerprint density at radius 1 is 1.32 bits per heavy atom. The van der Waals surface area contributed by atoms with Crippen molar-refractivity contribution in [1.82, 2.24) is 4.31 Å². The van der Waals surface area contributed by atoms with Crippen LogP contribution in [0.2, 0.25) is 0 Å². The second-order valence-corrected chi connectivity index (χ2v) is 6.48. The van der Waals surface area contributed by atoms with E-state index in [9.17, 15) is 18.3 Å². The van der Waals surface area contributed by atoms with Crippen LogP contribution in [0.5, 0.6) is 0 Å². The van der Waals surface area contributed by atoms with Crippen LogP contribution in [0.25, 0.3) is 0 Å². The predicted octanol–water partition coefficient (Wildman–Crippen LogP) is 0.0362. The molecule has 0 radical (unpaired) electrons. The van der Waals surface area contributed by atoms with Gasteiger partial charge in [-0.15, -0.1) is 0 Å². The maximum absolute atomic E-state index is 12.2. The number of carboxylic acids is 1. The van der Waals surface area contributed by atoms with E-state index < -0.39 is 28.1 Å². The third-order valence-corrected chi connectivity index (χ3v) is 4.88. The van der Waals surface area contributed by atoms with E-state index in [0.717, 1.165) is 4.31 Å². The van der Waals surface area contributed by atoms with E-state index in [2.05, 4.69) is 0 Å². The van der Waals surface area contributed by atoms with Crippen LogP contribution >= 0.6 is 0 Å². The number of benzene rings is 1. The number of aliphatic carboxylic acids is 1. The Bertz CT molecular complexity index is 557. The molecule has 7 heteroatoms. The predicted molar refractivity (Wildman–Crippen MR) is 67.8 cm³/mol.